The number of nitrogen functional groups attached to an aromatic ring is 2. The summed E-state index contributed by atoms with van der Waals surface area (Å²) in [5, 5.41) is 10.2. The average Bonchev–Trinajstić information content (AvgIpc) is 3.69. The van der Waals surface area contributed by atoms with E-state index in [4.69, 9.17) is 25.3 Å². The van der Waals surface area contributed by atoms with Gasteiger partial charge in [0.1, 0.15) is 23.3 Å². The lowest BCUT2D eigenvalue weighted by Gasteiger charge is -2.27. The van der Waals surface area contributed by atoms with Crippen LogP contribution in [0.15, 0.2) is 23.8 Å². The van der Waals surface area contributed by atoms with E-state index in [1.807, 2.05) is 0 Å². The summed E-state index contributed by atoms with van der Waals surface area (Å²) < 4.78 is 50.1. The molecule has 20 heteroatoms. The lowest BCUT2D eigenvalue weighted by Crippen LogP contribution is -2.34. The maximum absolute atomic E-state index is 16.0. The molecular formula is C22H26FN10O6PS2. The van der Waals surface area contributed by atoms with Crippen LogP contribution in [0.1, 0.15) is 30.9 Å². The maximum atomic E-state index is 16.0. The Morgan fingerprint density at radius 1 is 1.14 bits per heavy atom. The fourth-order valence-corrected chi connectivity index (χ4v) is 9.07. The second kappa shape index (κ2) is 10.4. The van der Waals surface area contributed by atoms with Crippen LogP contribution in [0.2, 0.25) is 0 Å². The smallest absolute Gasteiger partial charge is 0.386 e. The van der Waals surface area contributed by atoms with E-state index in [9.17, 15) is 14.5 Å². The zero-order valence-corrected chi connectivity index (χ0v) is 24.2. The highest BCUT2D eigenvalue weighted by Gasteiger charge is 2.51. The van der Waals surface area contributed by atoms with Gasteiger partial charge in [-0.25, -0.2) is 28.9 Å². The number of nitrogens with two attached hydrogens (primary N) is 2. The number of hydrogen-bond acceptors (Lipinski definition) is 14. The molecule has 42 heavy (non-hydrogen) atoms. The predicted octanol–water partition coefficient (Wildman–Crippen LogP) is 1.57. The van der Waals surface area contributed by atoms with E-state index in [-0.39, 0.29) is 29.5 Å². The van der Waals surface area contributed by atoms with Gasteiger partial charge in [0.15, 0.2) is 35.0 Å². The van der Waals surface area contributed by atoms with Gasteiger partial charge < -0.3 is 21.3 Å². The molecule has 16 nitrogen and oxygen atoms in total. The summed E-state index contributed by atoms with van der Waals surface area (Å²) in [6.07, 6.45) is -0.0175. The van der Waals surface area contributed by atoms with Crippen LogP contribution in [0.5, 0.6) is 0 Å². The SMILES string of the molecule is Nc1nc2c(ncn2[C@@H]2S[C@@H]3CCC[C@H]4[C@H](F)[C@H](n5cnc6c(N)ncnc65)O[C@@H]4COP(=O)(S)O[C@@H]2[C@@H]3O)c(=O)[nH]1. The Kier molecular flexibility index (Phi) is 6.95. The van der Waals surface area contributed by atoms with Gasteiger partial charge in [-0.3, -0.25) is 28.0 Å². The summed E-state index contributed by atoms with van der Waals surface area (Å²) in [7, 11) is 0. The molecule has 0 saturated carbocycles. The number of nitrogens with one attached hydrogen (secondary N) is 1. The monoisotopic (exact) mass is 640 g/mol. The second-order valence-electron chi connectivity index (χ2n) is 10.4. The number of halogens is 1. The molecule has 4 aromatic rings. The predicted molar refractivity (Wildman–Crippen MR) is 152 cm³/mol. The van der Waals surface area contributed by atoms with Gasteiger partial charge in [-0.1, -0.05) is 18.7 Å². The van der Waals surface area contributed by atoms with Crippen molar-refractivity contribution < 1.29 is 27.8 Å². The Morgan fingerprint density at radius 2 is 1.93 bits per heavy atom. The fourth-order valence-electron chi connectivity index (χ4n) is 5.89. The lowest BCUT2D eigenvalue weighted by molar-refractivity contribution is -0.0395. The highest BCUT2D eigenvalue weighted by molar-refractivity contribution is 8.44. The zero-order valence-electron chi connectivity index (χ0n) is 21.6. The van der Waals surface area contributed by atoms with Crippen molar-refractivity contribution in [3.05, 3.63) is 29.3 Å². The van der Waals surface area contributed by atoms with E-state index in [0.717, 1.165) is 0 Å². The molecule has 3 fully saturated rings. The molecule has 6 N–H and O–H groups in total. The highest BCUT2D eigenvalue weighted by Crippen LogP contribution is 2.60. The summed E-state index contributed by atoms with van der Waals surface area (Å²) in [6.45, 7) is -4.40. The lowest BCUT2D eigenvalue weighted by atomic mass is 9.92. The Hall–Kier alpha value is -2.80. The summed E-state index contributed by atoms with van der Waals surface area (Å²) in [6, 6.07) is 0. The summed E-state index contributed by atoms with van der Waals surface area (Å²) in [5.41, 5.74) is 12.0. The van der Waals surface area contributed by atoms with E-state index >= 15 is 4.39 Å². The first-order valence-corrected chi connectivity index (χ1v) is 16.7. The van der Waals surface area contributed by atoms with Crippen molar-refractivity contribution in [1.29, 1.82) is 0 Å². The van der Waals surface area contributed by atoms with E-state index in [1.54, 1.807) is 4.57 Å². The zero-order chi connectivity index (χ0) is 29.3. The average molecular weight is 641 g/mol. The molecule has 0 spiro atoms. The standard InChI is InChI=1S/C22H26FN10O6PS2/c23-11-8-2-1-3-10-14(34)15(21(42-10)33-7-29-13-18(33)30-22(25)31-19(13)35)39-40(36,41)37-4-9(8)38-20(11)32-6-28-12-16(24)26-5-27-17(12)32/h5-11,14-15,20-21,34H,1-4H2,(H,36,41)(H2,24,26,27)(H3,25,30,31,35)/t8-,9-,10-,11+,14-,15-,20-,21-,40?/m1/s1. The Bertz CT molecular complexity index is 1770. The third kappa shape index (κ3) is 4.67. The van der Waals surface area contributed by atoms with Crippen molar-refractivity contribution in [2.75, 3.05) is 18.1 Å². The summed E-state index contributed by atoms with van der Waals surface area (Å²) in [4.78, 5) is 35.4. The number of aromatic nitrogens is 8. The third-order valence-corrected chi connectivity index (χ3v) is 11.1. The van der Waals surface area contributed by atoms with Crippen molar-refractivity contribution in [3.8, 4) is 0 Å². The molecule has 3 aliphatic rings. The molecule has 7 heterocycles. The molecule has 3 saturated heterocycles. The van der Waals surface area contributed by atoms with Gasteiger partial charge in [-0.2, -0.15) is 4.98 Å². The molecule has 4 aromatic heterocycles. The van der Waals surface area contributed by atoms with Crippen molar-refractivity contribution in [3.63, 3.8) is 0 Å². The minimum Gasteiger partial charge on any atom is -0.389 e. The molecule has 7 rings (SSSR count). The molecule has 2 bridgehead atoms. The van der Waals surface area contributed by atoms with Gasteiger partial charge >= 0.3 is 6.80 Å². The molecule has 0 aliphatic carbocycles. The second-order valence-corrected chi connectivity index (χ2v) is 14.6. The molecule has 0 amide bonds. The first-order chi connectivity index (χ1) is 20.1. The van der Waals surface area contributed by atoms with Crippen molar-refractivity contribution in [1.82, 2.24) is 39.0 Å². The Labute approximate surface area is 245 Å². The number of H-pyrrole nitrogens is 1. The van der Waals surface area contributed by atoms with Crippen LogP contribution in [-0.2, 0) is 18.3 Å². The summed E-state index contributed by atoms with van der Waals surface area (Å²) in [5.74, 6) is -0.577. The van der Waals surface area contributed by atoms with Gasteiger partial charge in [0, 0.05) is 11.2 Å². The quantitative estimate of drug-likeness (QED) is 0.155. The van der Waals surface area contributed by atoms with E-state index in [2.05, 4.69) is 42.2 Å². The fraction of sp³-hybridized carbons (Fsp3) is 0.545. The number of imidazole rings is 2. The van der Waals surface area contributed by atoms with Gasteiger partial charge in [0.25, 0.3) is 5.56 Å². The molecule has 0 aromatic carbocycles. The number of fused-ring (bicyclic) bond motifs is 5. The first kappa shape index (κ1) is 28.0. The number of thiol groups is 1. The number of rotatable bonds is 2. The number of hydrogen-bond donors (Lipinski definition) is 5. The van der Waals surface area contributed by atoms with Crippen LogP contribution >= 0.6 is 30.8 Å². The van der Waals surface area contributed by atoms with Gasteiger partial charge in [0.05, 0.1) is 31.5 Å². The number of aliphatic hydroxyl groups is 1. The van der Waals surface area contributed by atoms with E-state index in [1.165, 1.54) is 35.3 Å². The number of alkyl halides is 1. The van der Waals surface area contributed by atoms with Crippen molar-refractivity contribution >= 4 is 64.9 Å². The minimum absolute atomic E-state index is 0.0537. The van der Waals surface area contributed by atoms with Gasteiger partial charge in [-0.15, -0.1) is 11.8 Å². The molecule has 1 unspecified atom stereocenters. The summed E-state index contributed by atoms with van der Waals surface area (Å²) >= 11 is 5.51. The largest absolute Gasteiger partial charge is 0.389 e. The number of anilines is 2. The minimum atomic E-state index is -4.12. The van der Waals surface area contributed by atoms with Crippen LogP contribution in [0.3, 0.4) is 0 Å². The van der Waals surface area contributed by atoms with E-state index in [0.29, 0.717) is 30.4 Å². The highest BCUT2D eigenvalue weighted by atomic mass is 32.7. The first-order valence-electron chi connectivity index (χ1n) is 13.1. The van der Waals surface area contributed by atoms with Crippen LogP contribution in [0.25, 0.3) is 22.3 Å². The molecule has 9 atom stereocenters. The third-order valence-electron chi connectivity index (χ3n) is 7.85. The number of aromatic amines is 1. The molecule has 0 radical (unpaired) electrons. The molecule has 3 aliphatic heterocycles. The Balaban J connectivity index is 1.17. The number of thioether (sulfide) groups is 1. The number of nitrogens with zero attached hydrogens (tertiary/aromatic N) is 7. The van der Waals surface area contributed by atoms with Gasteiger partial charge in [-0.05, 0) is 12.8 Å². The van der Waals surface area contributed by atoms with Crippen LogP contribution in [0, 0.1) is 5.92 Å². The normalized spacial score (nSPS) is 35.7. The van der Waals surface area contributed by atoms with E-state index < -0.39 is 59.6 Å². The molecular weight excluding hydrogens is 614 g/mol. The topological polar surface area (TPSA) is 224 Å². The van der Waals surface area contributed by atoms with Crippen LogP contribution in [0.4, 0.5) is 16.2 Å². The van der Waals surface area contributed by atoms with Crippen LogP contribution < -0.4 is 17.0 Å². The molecule has 224 valence electrons. The maximum Gasteiger partial charge on any atom is 0.386 e. The Morgan fingerprint density at radius 3 is 2.76 bits per heavy atom. The number of aliphatic hydroxyl groups excluding tert-OH is 1. The van der Waals surface area contributed by atoms with Crippen molar-refractivity contribution in [2.24, 2.45) is 5.92 Å². The number of ether oxygens (including phenoxy) is 1. The van der Waals surface area contributed by atoms with Gasteiger partial charge in [0.2, 0.25) is 5.95 Å². The van der Waals surface area contributed by atoms with Crippen LogP contribution in [-0.4, -0.2) is 80.5 Å². The van der Waals surface area contributed by atoms with Crippen molar-refractivity contribution in [2.45, 2.75) is 60.6 Å².